The Morgan fingerprint density at radius 1 is 1.00 bits per heavy atom. The van der Waals surface area contributed by atoms with Crippen molar-refractivity contribution in [2.24, 2.45) is 17.3 Å². The van der Waals surface area contributed by atoms with Crippen LogP contribution in [0, 0.1) is 17.3 Å². The molecule has 1 aliphatic rings. The van der Waals surface area contributed by atoms with Crippen LogP contribution in [0.4, 0.5) is 0 Å². The average molecular weight is 224 g/mol. The van der Waals surface area contributed by atoms with E-state index in [1.54, 1.807) is 0 Å². The van der Waals surface area contributed by atoms with Gasteiger partial charge in [-0.3, -0.25) is 0 Å². The van der Waals surface area contributed by atoms with E-state index in [2.05, 4.69) is 27.7 Å². The molecule has 1 atom stereocenters. The largest absolute Gasteiger partial charge is 0.0654 e. The molecule has 0 spiro atoms. The summed E-state index contributed by atoms with van der Waals surface area (Å²) >= 11 is 0. The Labute approximate surface area is 103 Å². The van der Waals surface area contributed by atoms with Crippen LogP contribution in [-0.2, 0) is 0 Å². The molecule has 1 unspecified atom stereocenters. The predicted molar refractivity (Wildman–Crippen MR) is 73.7 cm³/mol. The van der Waals surface area contributed by atoms with Gasteiger partial charge < -0.3 is 0 Å². The molecule has 0 saturated heterocycles. The summed E-state index contributed by atoms with van der Waals surface area (Å²) in [5.74, 6) is 2.03. The molecule has 0 aromatic carbocycles. The third-order valence-electron chi connectivity index (χ3n) is 5.33. The fraction of sp³-hybridized carbons (Fsp3) is 1.00. The Bertz CT molecular complexity index is 172. The molecule has 0 N–H and O–H groups in total. The van der Waals surface area contributed by atoms with Crippen LogP contribution in [0.3, 0.4) is 0 Å². The van der Waals surface area contributed by atoms with Crippen LogP contribution in [0.2, 0.25) is 0 Å². The summed E-state index contributed by atoms with van der Waals surface area (Å²) in [7, 11) is 0. The summed E-state index contributed by atoms with van der Waals surface area (Å²) in [5, 5.41) is 0. The normalized spacial score (nSPS) is 21.0. The summed E-state index contributed by atoms with van der Waals surface area (Å²) in [6.45, 7) is 9.70. The molecule has 0 aromatic heterocycles. The maximum atomic E-state index is 2.54. The lowest BCUT2D eigenvalue weighted by Gasteiger charge is -2.43. The Morgan fingerprint density at radius 3 is 2.00 bits per heavy atom. The Kier molecular flexibility index (Phi) is 5.86. The van der Waals surface area contributed by atoms with Crippen molar-refractivity contribution in [2.45, 2.75) is 85.5 Å². The highest BCUT2D eigenvalue weighted by Crippen LogP contribution is 2.46. The van der Waals surface area contributed by atoms with Crippen LogP contribution < -0.4 is 0 Å². The predicted octanol–water partition coefficient (Wildman–Crippen LogP) is 5.81. The topological polar surface area (TPSA) is 0 Å². The zero-order valence-corrected chi connectivity index (χ0v) is 12.0. The molecule has 0 heteroatoms. The molecule has 0 aliphatic heterocycles. The molecule has 0 radical (unpaired) electrons. The van der Waals surface area contributed by atoms with Crippen LogP contribution >= 0.6 is 0 Å². The van der Waals surface area contributed by atoms with E-state index in [0.717, 1.165) is 11.8 Å². The first-order valence-corrected chi connectivity index (χ1v) is 7.68. The van der Waals surface area contributed by atoms with Gasteiger partial charge in [0.05, 0.1) is 0 Å². The second-order valence-electron chi connectivity index (χ2n) is 6.15. The van der Waals surface area contributed by atoms with E-state index in [0.29, 0.717) is 5.41 Å². The second kappa shape index (κ2) is 6.67. The molecule has 96 valence electrons. The second-order valence-corrected chi connectivity index (χ2v) is 6.15. The van der Waals surface area contributed by atoms with Gasteiger partial charge in [-0.05, 0) is 23.7 Å². The van der Waals surface area contributed by atoms with Crippen molar-refractivity contribution < 1.29 is 0 Å². The van der Waals surface area contributed by atoms with Gasteiger partial charge in [0.15, 0.2) is 0 Å². The molecule has 16 heavy (non-hydrogen) atoms. The Hall–Kier alpha value is 0. The summed E-state index contributed by atoms with van der Waals surface area (Å²) in [6.07, 6.45) is 13.1. The van der Waals surface area contributed by atoms with E-state index in [1.807, 2.05) is 0 Å². The lowest BCUT2D eigenvalue weighted by atomic mass is 9.62. The smallest absolute Gasteiger partial charge is 0.0300 e. The van der Waals surface area contributed by atoms with Crippen molar-refractivity contribution >= 4 is 0 Å². The van der Waals surface area contributed by atoms with E-state index in [9.17, 15) is 0 Å². The minimum Gasteiger partial charge on any atom is -0.0654 e. The SMILES string of the molecule is CCCC(C1CCCCC1)C(C)(CC)CC. The number of rotatable bonds is 6. The summed E-state index contributed by atoms with van der Waals surface area (Å²) in [6, 6.07) is 0. The fourth-order valence-corrected chi connectivity index (χ4v) is 3.78. The van der Waals surface area contributed by atoms with Gasteiger partial charge in [0, 0.05) is 0 Å². The Morgan fingerprint density at radius 2 is 1.56 bits per heavy atom. The molecular weight excluding hydrogens is 192 g/mol. The van der Waals surface area contributed by atoms with E-state index in [1.165, 1.54) is 57.8 Å². The third kappa shape index (κ3) is 3.25. The standard InChI is InChI=1S/C16H32/c1-5-11-15(16(4,6-2)7-3)14-12-9-8-10-13-14/h14-15H,5-13H2,1-4H3. The maximum absolute atomic E-state index is 2.54. The quantitative estimate of drug-likeness (QED) is 0.534. The van der Waals surface area contributed by atoms with Gasteiger partial charge in [0.25, 0.3) is 0 Å². The lowest BCUT2D eigenvalue weighted by molar-refractivity contribution is 0.0747. The van der Waals surface area contributed by atoms with Crippen LogP contribution in [0.5, 0.6) is 0 Å². The molecule has 1 aliphatic carbocycles. The molecule has 0 heterocycles. The fourth-order valence-electron chi connectivity index (χ4n) is 3.78. The number of hydrogen-bond acceptors (Lipinski definition) is 0. The van der Waals surface area contributed by atoms with Crippen LogP contribution in [0.1, 0.15) is 85.5 Å². The van der Waals surface area contributed by atoms with Crippen molar-refractivity contribution in [3.05, 3.63) is 0 Å². The van der Waals surface area contributed by atoms with Crippen molar-refractivity contribution in [2.75, 3.05) is 0 Å². The van der Waals surface area contributed by atoms with Gasteiger partial charge in [-0.2, -0.15) is 0 Å². The monoisotopic (exact) mass is 224 g/mol. The highest BCUT2D eigenvalue weighted by atomic mass is 14.4. The average Bonchev–Trinajstić information content (AvgIpc) is 2.36. The first kappa shape index (κ1) is 14.1. The molecule has 0 bridgehead atoms. The van der Waals surface area contributed by atoms with E-state index in [4.69, 9.17) is 0 Å². The minimum atomic E-state index is 0.609. The molecular formula is C16H32. The van der Waals surface area contributed by atoms with Crippen molar-refractivity contribution in [1.29, 1.82) is 0 Å². The zero-order valence-electron chi connectivity index (χ0n) is 12.0. The Balaban J connectivity index is 2.70. The van der Waals surface area contributed by atoms with Crippen LogP contribution in [0.15, 0.2) is 0 Å². The van der Waals surface area contributed by atoms with Crippen LogP contribution in [0.25, 0.3) is 0 Å². The number of hydrogen-bond donors (Lipinski definition) is 0. The highest BCUT2D eigenvalue weighted by Gasteiger charge is 2.36. The van der Waals surface area contributed by atoms with Gasteiger partial charge in [-0.1, -0.05) is 79.1 Å². The molecule has 0 nitrogen and oxygen atoms in total. The van der Waals surface area contributed by atoms with Crippen molar-refractivity contribution in [3.8, 4) is 0 Å². The van der Waals surface area contributed by atoms with Gasteiger partial charge in [0.2, 0.25) is 0 Å². The first-order chi connectivity index (χ1) is 7.68. The van der Waals surface area contributed by atoms with Crippen LogP contribution in [-0.4, -0.2) is 0 Å². The lowest BCUT2D eigenvalue weighted by Crippen LogP contribution is -2.33. The molecule has 0 amide bonds. The summed E-state index contributed by atoms with van der Waals surface area (Å²) in [4.78, 5) is 0. The van der Waals surface area contributed by atoms with Crippen molar-refractivity contribution in [3.63, 3.8) is 0 Å². The molecule has 1 saturated carbocycles. The van der Waals surface area contributed by atoms with Gasteiger partial charge in [-0.15, -0.1) is 0 Å². The van der Waals surface area contributed by atoms with E-state index < -0.39 is 0 Å². The van der Waals surface area contributed by atoms with Gasteiger partial charge in [-0.25, -0.2) is 0 Å². The molecule has 1 fully saturated rings. The molecule has 0 aromatic rings. The third-order valence-corrected chi connectivity index (χ3v) is 5.33. The maximum Gasteiger partial charge on any atom is -0.0300 e. The minimum absolute atomic E-state index is 0.609. The van der Waals surface area contributed by atoms with Gasteiger partial charge >= 0.3 is 0 Å². The highest BCUT2D eigenvalue weighted by molar-refractivity contribution is 4.86. The summed E-state index contributed by atoms with van der Waals surface area (Å²) < 4.78 is 0. The first-order valence-electron chi connectivity index (χ1n) is 7.68. The van der Waals surface area contributed by atoms with E-state index in [-0.39, 0.29) is 0 Å². The zero-order chi connectivity index (χ0) is 12.0. The van der Waals surface area contributed by atoms with Gasteiger partial charge in [0.1, 0.15) is 0 Å². The summed E-state index contributed by atoms with van der Waals surface area (Å²) in [5.41, 5.74) is 0.609. The molecule has 1 rings (SSSR count). The van der Waals surface area contributed by atoms with Crippen molar-refractivity contribution in [1.82, 2.24) is 0 Å². The van der Waals surface area contributed by atoms with E-state index >= 15 is 0 Å².